The summed E-state index contributed by atoms with van der Waals surface area (Å²) in [6.07, 6.45) is 0. The Balaban J connectivity index is 2.18. The third kappa shape index (κ3) is 2.53. The average molecular weight is 280 g/mol. The monoisotopic (exact) mass is 280 g/mol. The molecule has 0 aliphatic heterocycles. The summed E-state index contributed by atoms with van der Waals surface area (Å²) in [6.45, 7) is 1.87. The molecule has 3 heteroatoms. The molecule has 0 heterocycles. The molecule has 1 unspecified atom stereocenters. The molecule has 0 saturated heterocycles. The first-order valence-electron chi connectivity index (χ1n) is 6.90. The third-order valence-corrected chi connectivity index (χ3v) is 3.77. The van der Waals surface area contributed by atoms with Crippen LogP contribution in [0.3, 0.4) is 0 Å². The summed E-state index contributed by atoms with van der Waals surface area (Å²) in [5.74, 6) is 5.47. The summed E-state index contributed by atoms with van der Waals surface area (Å²) in [6, 6.07) is 18.9. The number of halogens is 1. The van der Waals surface area contributed by atoms with Crippen LogP contribution < -0.4 is 11.3 Å². The molecule has 0 spiro atoms. The number of nitrogens with one attached hydrogen (secondary N) is 1. The predicted molar refractivity (Wildman–Crippen MR) is 84.3 cm³/mol. The van der Waals surface area contributed by atoms with Crippen molar-refractivity contribution in [3.63, 3.8) is 0 Å². The highest BCUT2D eigenvalue weighted by Gasteiger charge is 2.18. The van der Waals surface area contributed by atoms with Gasteiger partial charge in [-0.3, -0.25) is 5.84 Å². The van der Waals surface area contributed by atoms with Gasteiger partial charge in [-0.1, -0.05) is 54.6 Å². The number of fused-ring (bicyclic) bond motifs is 1. The second-order valence-electron chi connectivity index (χ2n) is 5.19. The normalized spacial score (nSPS) is 12.5. The molecule has 21 heavy (non-hydrogen) atoms. The molecule has 0 fully saturated rings. The van der Waals surface area contributed by atoms with Gasteiger partial charge < -0.3 is 0 Å². The van der Waals surface area contributed by atoms with Crippen molar-refractivity contribution in [3.05, 3.63) is 83.2 Å². The molecular formula is C18H17FN2. The van der Waals surface area contributed by atoms with Crippen molar-refractivity contribution >= 4 is 10.8 Å². The Morgan fingerprint density at radius 3 is 2.48 bits per heavy atom. The highest BCUT2D eigenvalue weighted by molar-refractivity contribution is 5.86. The quantitative estimate of drug-likeness (QED) is 0.565. The van der Waals surface area contributed by atoms with Crippen molar-refractivity contribution in [2.45, 2.75) is 13.0 Å². The summed E-state index contributed by atoms with van der Waals surface area (Å²) in [5.41, 5.74) is 5.17. The van der Waals surface area contributed by atoms with Gasteiger partial charge in [0.15, 0.2) is 0 Å². The molecule has 0 aromatic heterocycles. The lowest BCUT2D eigenvalue weighted by Crippen LogP contribution is -2.29. The smallest absolute Gasteiger partial charge is 0.128 e. The van der Waals surface area contributed by atoms with Crippen LogP contribution in [0.25, 0.3) is 10.8 Å². The van der Waals surface area contributed by atoms with E-state index in [0.717, 1.165) is 21.9 Å². The van der Waals surface area contributed by atoms with Gasteiger partial charge in [0.1, 0.15) is 5.82 Å². The van der Waals surface area contributed by atoms with Gasteiger partial charge in [-0.15, -0.1) is 0 Å². The zero-order valence-corrected chi connectivity index (χ0v) is 11.8. The average Bonchev–Trinajstić information content (AvgIpc) is 2.50. The number of hydrogen-bond donors (Lipinski definition) is 2. The maximum atomic E-state index is 14.3. The van der Waals surface area contributed by atoms with E-state index >= 15 is 0 Å². The third-order valence-electron chi connectivity index (χ3n) is 3.77. The van der Waals surface area contributed by atoms with E-state index in [9.17, 15) is 4.39 Å². The largest absolute Gasteiger partial charge is 0.271 e. The summed E-state index contributed by atoms with van der Waals surface area (Å²) < 4.78 is 14.3. The van der Waals surface area contributed by atoms with E-state index in [-0.39, 0.29) is 11.9 Å². The van der Waals surface area contributed by atoms with Crippen LogP contribution >= 0.6 is 0 Å². The summed E-state index contributed by atoms with van der Waals surface area (Å²) in [5, 5.41) is 2.19. The van der Waals surface area contributed by atoms with Crippen molar-refractivity contribution in [1.82, 2.24) is 5.43 Å². The van der Waals surface area contributed by atoms with Crippen LogP contribution in [0.2, 0.25) is 0 Å². The number of benzene rings is 3. The first-order chi connectivity index (χ1) is 10.2. The van der Waals surface area contributed by atoms with Crippen LogP contribution in [0.1, 0.15) is 22.7 Å². The van der Waals surface area contributed by atoms with Gasteiger partial charge >= 0.3 is 0 Å². The Bertz CT molecular complexity index is 778. The zero-order valence-electron chi connectivity index (χ0n) is 11.8. The van der Waals surface area contributed by atoms with E-state index in [1.54, 1.807) is 6.07 Å². The molecule has 0 aliphatic carbocycles. The van der Waals surface area contributed by atoms with Crippen LogP contribution in [0.5, 0.6) is 0 Å². The minimum atomic E-state index is -0.378. The molecule has 1 atom stereocenters. The number of nitrogens with two attached hydrogens (primary N) is 1. The zero-order chi connectivity index (χ0) is 14.8. The number of hydrazine groups is 1. The highest BCUT2D eigenvalue weighted by atomic mass is 19.1. The van der Waals surface area contributed by atoms with E-state index in [2.05, 4.69) is 5.43 Å². The molecule has 0 saturated carbocycles. The van der Waals surface area contributed by atoms with Gasteiger partial charge in [-0.25, -0.2) is 9.82 Å². The predicted octanol–water partition coefficient (Wildman–Crippen LogP) is 3.84. The fourth-order valence-corrected chi connectivity index (χ4v) is 2.72. The van der Waals surface area contributed by atoms with E-state index in [0.29, 0.717) is 5.56 Å². The lowest BCUT2D eigenvalue weighted by molar-refractivity contribution is 0.561. The molecule has 0 radical (unpaired) electrons. The van der Waals surface area contributed by atoms with E-state index < -0.39 is 0 Å². The Morgan fingerprint density at radius 1 is 0.952 bits per heavy atom. The number of aryl methyl sites for hydroxylation is 1. The van der Waals surface area contributed by atoms with Gasteiger partial charge in [-0.2, -0.15) is 0 Å². The molecular weight excluding hydrogens is 263 g/mol. The highest BCUT2D eigenvalue weighted by Crippen LogP contribution is 2.30. The maximum Gasteiger partial charge on any atom is 0.128 e. The van der Waals surface area contributed by atoms with Crippen LogP contribution in [-0.4, -0.2) is 0 Å². The van der Waals surface area contributed by atoms with Crippen molar-refractivity contribution in [1.29, 1.82) is 0 Å². The molecule has 0 aliphatic rings. The van der Waals surface area contributed by atoms with Gasteiger partial charge in [0.25, 0.3) is 0 Å². The van der Waals surface area contributed by atoms with E-state index in [1.807, 2.05) is 55.5 Å². The molecule has 0 amide bonds. The minimum Gasteiger partial charge on any atom is -0.271 e. The summed E-state index contributed by atoms with van der Waals surface area (Å²) >= 11 is 0. The molecule has 2 nitrogen and oxygen atoms in total. The van der Waals surface area contributed by atoms with Crippen molar-refractivity contribution in [2.24, 2.45) is 5.84 Å². The van der Waals surface area contributed by atoms with E-state index in [1.165, 1.54) is 6.07 Å². The number of hydrogen-bond acceptors (Lipinski definition) is 2. The van der Waals surface area contributed by atoms with Crippen LogP contribution in [0.15, 0.2) is 60.7 Å². The SMILES string of the molecule is Cc1ccc(C(NN)c2cccc3ccccc23)c(F)c1. The molecule has 3 aromatic carbocycles. The van der Waals surface area contributed by atoms with Crippen LogP contribution in [0, 0.1) is 12.7 Å². The van der Waals surface area contributed by atoms with Crippen molar-refractivity contribution in [3.8, 4) is 0 Å². The molecule has 3 rings (SSSR count). The van der Waals surface area contributed by atoms with Crippen molar-refractivity contribution in [2.75, 3.05) is 0 Å². The topological polar surface area (TPSA) is 38.0 Å². The maximum absolute atomic E-state index is 14.3. The molecule has 3 N–H and O–H groups in total. The second-order valence-corrected chi connectivity index (χ2v) is 5.19. The Morgan fingerprint density at radius 2 is 1.71 bits per heavy atom. The lowest BCUT2D eigenvalue weighted by atomic mass is 9.93. The first-order valence-corrected chi connectivity index (χ1v) is 6.90. The lowest BCUT2D eigenvalue weighted by Gasteiger charge is -2.20. The Hall–Kier alpha value is -2.23. The standard InChI is InChI=1S/C18H17FN2/c1-12-9-10-16(17(19)11-12)18(21-20)15-8-4-6-13-5-2-3-7-14(13)15/h2-11,18,21H,20H2,1H3. The van der Waals surface area contributed by atoms with Gasteiger partial charge in [0.05, 0.1) is 6.04 Å². The molecule has 3 aromatic rings. The van der Waals surface area contributed by atoms with Gasteiger partial charge in [-0.05, 0) is 34.9 Å². The Kier molecular flexibility index (Phi) is 3.69. The van der Waals surface area contributed by atoms with Gasteiger partial charge in [0, 0.05) is 5.56 Å². The second kappa shape index (κ2) is 5.64. The Labute approximate surface area is 123 Å². The molecule has 0 bridgehead atoms. The fraction of sp³-hybridized carbons (Fsp3) is 0.111. The van der Waals surface area contributed by atoms with Crippen molar-refractivity contribution < 1.29 is 4.39 Å². The minimum absolute atomic E-state index is 0.245. The van der Waals surface area contributed by atoms with Gasteiger partial charge in [0.2, 0.25) is 0 Å². The summed E-state index contributed by atoms with van der Waals surface area (Å²) in [4.78, 5) is 0. The summed E-state index contributed by atoms with van der Waals surface area (Å²) in [7, 11) is 0. The van der Waals surface area contributed by atoms with Crippen LogP contribution in [-0.2, 0) is 0 Å². The van der Waals surface area contributed by atoms with Crippen LogP contribution in [0.4, 0.5) is 4.39 Å². The van der Waals surface area contributed by atoms with E-state index in [4.69, 9.17) is 5.84 Å². The first kappa shape index (κ1) is 13.7. The number of rotatable bonds is 3. The molecule has 106 valence electrons. The fourth-order valence-electron chi connectivity index (χ4n) is 2.72.